The van der Waals surface area contributed by atoms with Gasteiger partial charge in [-0.05, 0) is 36.4 Å². The van der Waals surface area contributed by atoms with Crippen LogP contribution in [0.1, 0.15) is 10.5 Å². The fourth-order valence-corrected chi connectivity index (χ4v) is 2.07. The van der Waals surface area contributed by atoms with E-state index in [0.717, 1.165) is 6.26 Å². The third-order valence-corrected chi connectivity index (χ3v) is 3.59. The Kier molecular flexibility index (Phi) is 3.66. The number of rotatable bonds is 3. The number of hydrogen-bond acceptors (Lipinski definition) is 6. The first-order chi connectivity index (χ1) is 9.36. The van der Waals surface area contributed by atoms with Crippen LogP contribution in [0.15, 0.2) is 41.3 Å². The molecule has 0 aliphatic carbocycles. The Morgan fingerprint density at radius 3 is 2.25 bits per heavy atom. The van der Waals surface area contributed by atoms with Crippen molar-refractivity contribution in [3.8, 4) is 0 Å². The highest BCUT2D eigenvalue weighted by atomic mass is 32.2. The molecule has 0 saturated heterocycles. The minimum atomic E-state index is -3.25. The van der Waals surface area contributed by atoms with Crippen LogP contribution in [-0.4, -0.2) is 30.8 Å². The molecular formula is C12H12N4O3S. The number of carbonyl (C=O) groups is 1. The molecule has 0 unspecified atom stereocenters. The van der Waals surface area contributed by atoms with E-state index in [9.17, 15) is 13.2 Å². The second kappa shape index (κ2) is 5.25. The lowest BCUT2D eigenvalue weighted by molar-refractivity contribution is 0.102. The van der Waals surface area contributed by atoms with Gasteiger partial charge in [0.15, 0.2) is 15.5 Å². The number of nitrogens with zero attached hydrogens (tertiary/aromatic N) is 2. The molecule has 0 spiro atoms. The van der Waals surface area contributed by atoms with E-state index in [1.165, 1.54) is 36.4 Å². The first-order valence-corrected chi connectivity index (χ1v) is 7.46. The monoisotopic (exact) mass is 292 g/mol. The molecule has 1 aromatic heterocycles. The summed E-state index contributed by atoms with van der Waals surface area (Å²) in [5.74, 6) is -0.233. The zero-order chi connectivity index (χ0) is 14.8. The van der Waals surface area contributed by atoms with Gasteiger partial charge in [-0.1, -0.05) is 0 Å². The van der Waals surface area contributed by atoms with Crippen LogP contribution in [0.3, 0.4) is 0 Å². The highest BCUT2D eigenvalue weighted by molar-refractivity contribution is 7.90. The summed E-state index contributed by atoms with van der Waals surface area (Å²) in [5, 5.41) is 9.80. The number of hydrogen-bond donors (Lipinski definition) is 2. The van der Waals surface area contributed by atoms with E-state index in [4.69, 9.17) is 5.73 Å². The molecule has 2 aromatic rings. The highest BCUT2D eigenvalue weighted by Crippen LogP contribution is 2.14. The van der Waals surface area contributed by atoms with Gasteiger partial charge in [-0.2, -0.15) is 0 Å². The van der Waals surface area contributed by atoms with Crippen molar-refractivity contribution in [1.29, 1.82) is 0 Å². The highest BCUT2D eigenvalue weighted by Gasteiger charge is 2.10. The second-order valence-corrected chi connectivity index (χ2v) is 6.11. The average Bonchev–Trinajstić information content (AvgIpc) is 2.39. The molecule has 0 fully saturated rings. The van der Waals surface area contributed by atoms with Crippen molar-refractivity contribution in [3.05, 3.63) is 42.1 Å². The summed E-state index contributed by atoms with van der Waals surface area (Å²) < 4.78 is 22.6. The molecular weight excluding hydrogens is 280 g/mol. The van der Waals surface area contributed by atoms with Crippen LogP contribution in [0, 0.1) is 0 Å². The largest absolute Gasteiger partial charge is 0.382 e. The van der Waals surface area contributed by atoms with Gasteiger partial charge in [-0.3, -0.25) is 4.79 Å². The summed E-state index contributed by atoms with van der Waals surface area (Å²) >= 11 is 0. The standard InChI is InChI=1S/C12H12N4O3S/c1-20(18,19)9-4-2-8(3-5-9)14-12(17)10-6-7-11(13)16-15-10/h2-7H,1H3,(H2,13,16)(H,14,17). The molecule has 1 aromatic carbocycles. The second-order valence-electron chi connectivity index (χ2n) is 4.09. The van der Waals surface area contributed by atoms with Gasteiger partial charge in [0, 0.05) is 11.9 Å². The number of carbonyl (C=O) groups excluding carboxylic acids is 1. The van der Waals surface area contributed by atoms with E-state index in [-0.39, 0.29) is 16.4 Å². The molecule has 0 aliphatic rings. The van der Waals surface area contributed by atoms with Crippen molar-refractivity contribution in [1.82, 2.24) is 10.2 Å². The summed E-state index contributed by atoms with van der Waals surface area (Å²) in [6.45, 7) is 0. The Balaban J connectivity index is 2.14. The minimum absolute atomic E-state index is 0.117. The normalized spacial score (nSPS) is 11.1. The lowest BCUT2D eigenvalue weighted by Gasteiger charge is -2.05. The van der Waals surface area contributed by atoms with Crippen LogP contribution in [0.2, 0.25) is 0 Å². The van der Waals surface area contributed by atoms with Gasteiger partial charge in [-0.15, -0.1) is 10.2 Å². The van der Waals surface area contributed by atoms with Gasteiger partial charge in [-0.25, -0.2) is 8.42 Å². The molecule has 20 heavy (non-hydrogen) atoms. The third-order valence-electron chi connectivity index (χ3n) is 2.46. The summed E-state index contributed by atoms with van der Waals surface area (Å²) in [7, 11) is -3.25. The molecule has 0 radical (unpaired) electrons. The van der Waals surface area contributed by atoms with Crippen LogP contribution < -0.4 is 11.1 Å². The molecule has 104 valence electrons. The van der Waals surface area contributed by atoms with Crippen LogP contribution in [0.4, 0.5) is 11.5 Å². The molecule has 3 N–H and O–H groups in total. The zero-order valence-electron chi connectivity index (χ0n) is 10.6. The smallest absolute Gasteiger partial charge is 0.276 e. The van der Waals surface area contributed by atoms with E-state index < -0.39 is 15.7 Å². The SMILES string of the molecule is CS(=O)(=O)c1ccc(NC(=O)c2ccc(N)nn2)cc1. The Morgan fingerprint density at radius 2 is 1.75 bits per heavy atom. The Bertz CT molecular complexity index is 724. The van der Waals surface area contributed by atoms with Gasteiger partial charge in [0.25, 0.3) is 5.91 Å². The fraction of sp³-hybridized carbons (Fsp3) is 0.0833. The molecule has 0 atom stereocenters. The molecule has 8 heteroatoms. The predicted molar refractivity (Wildman–Crippen MR) is 73.9 cm³/mol. The van der Waals surface area contributed by atoms with Gasteiger partial charge < -0.3 is 11.1 Å². The average molecular weight is 292 g/mol. The molecule has 7 nitrogen and oxygen atoms in total. The van der Waals surface area contributed by atoms with Gasteiger partial charge >= 0.3 is 0 Å². The number of anilines is 2. The summed E-state index contributed by atoms with van der Waals surface area (Å²) in [4.78, 5) is 12.0. The van der Waals surface area contributed by atoms with Gasteiger partial charge in [0.05, 0.1) is 4.90 Å². The van der Waals surface area contributed by atoms with Crippen molar-refractivity contribution in [2.45, 2.75) is 4.90 Å². The van der Waals surface area contributed by atoms with Crippen LogP contribution in [-0.2, 0) is 9.84 Å². The van der Waals surface area contributed by atoms with Gasteiger partial charge in [0.1, 0.15) is 5.82 Å². The lowest BCUT2D eigenvalue weighted by atomic mass is 10.3. The number of nitrogen functional groups attached to an aromatic ring is 1. The van der Waals surface area contributed by atoms with Crippen molar-refractivity contribution in [2.75, 3.05) is 17.3 Å². The maximum atomic E-state index is 11.8. The molecule has 1 heterocycles. The topological polar surface area (TPSA) is 115 Å². The molecule has 0 bridgehead atoms. The van der Waals surface area contributed by atoms with Crippen molar-refractivity contribution >= 4 is 27.2 Å². The Labute approximate surface area is 115 Å². The number of nitrogens with two attached hydrogens (primary N) is 1. The van der Waals surface area contributed by atoms with Crippen molar-refractivity contribution in [2.24, 2.45) is 0 Å². The molecule has 1 amide bonds. The van der Waals surface area contributed by atoms with Crippen LogP contribution in [0.5, 0.6) is 0 Å². The number of amides is 1. The maximum Gasteiger partial charge on any atom is 0.276 e. The van der Waals surface area contributed by atoms with Crippen LogP contribution >= 0.6 is 0 Å². The van der Waals surface area contributed by atoms with E-state index in [1.807, 2.05) is 0 Å². The Morgan fingerprint density at radius 1 is 1.10 bits per heavy atom. The van der Waals surface area contributed by atoms with Crippen molar-refractivity contribution in [3.63, 3.8) is 0 Å². The minimum Gasteiger partial charge on any atom is -0.382 e. The van der Waals surface area contributed by atoms with Crippen LogP contribution in [0.25, 0.3) is 0 Å². The Hall–Kier alpha value is -2.48. The number of aromatic nitrogens is 2. The summed E-state index contributed by atoms with van der Waals surface area (Å²) in [6, 6.07) is 8.74. The fourth-order valence-electron chi connectivity index (χ4n) is 1.44. The summed E-state index contributed by atoms with van der Waals surface area (Å²) in [5.41, 5.74) is 5.95. The summed E-state index contributed by atoms with van der Waals surface area (Å²) in [6.07, 6.45) is 1.12. The predicted octanol–water partition coefficient (Wildman–Crippen LogP) is 0.715. The zero-order valence-corrected chi connectivity index (χ0v) is 11.4. The number of sulfone groups is 1. The van der Waals surface area contributed by atoms with Gasteiger partial charge in [0.2, 0.25) is 0 Å². The van der Waals surface area contributed by atoms with Crippen molar-refractivity contribution < 1.29 is 13.2 Å². The number of benzene rings is 1. The van der Waals surface area contributed by atoms with E-state index in [1.54, 1.807) is 0 Å². The third kappa shape index (κ3) is 3.29. The molecule has 0 aliphatic heterocycles. The first kappa shape index (κ1) is 13.9. The molecule has 2 rings (SSSR count). The lowest BCUT2D eigenvalue weighted by Crippen LogP contribution is -2.14. The van der Waals surface area contributed by atoms with E-state index in [0.29, 0.717) is 5.69 Å². The molecule has 0 saturated carbocycles. The van der Waals surface area contributed by atoms with E-state index in [2.05, 4.69) is 15.5 Å². The quantitative estimate of drug-likeness (QED) is 0.861. The first-order valence-electron chi connectivity index (χ1n) is 5.57. The maximum absolute atomic E-state index is 11.8. The van der Waals surface area contributed by atoms with E-state index >= 15 is 0 Å². The number of nitrogens with one attached hydrogen (secondary N) is 1.